The van der Waals surface area contributed by atoms with Gasteiger partial charge < -0.3 is 10.5 Å². The normalized spacial score (nSPS) is 11.5. The summed E-state index contributed by atoms with van der Waals surface area (Å²) in [5, 5.41) is 0. The third kappa shape index (κ3) is 3.80. The highest BCUT2D eigenvalue weighted by molar-refractivity contribution is 9.10. The quantitative estimate of drug-likeness (QED) is 0.917. The molecule has 0 aromatic heterocycles. The summed E-state index contributed by atoms with van der Waals surface area (Å²) in [5.74, 6) is 0.352. The summed E-state index contributed by atoms with van der Waals surface area (Å²) in [6.45, 7) is 5.09. The Labute approximate surface area is 97.7 Å². The first-order chi connectivity index (χ1) is 6.94. The Hall–Kier alpha value is -0.610. The van der Waals surface area contributed by atoms with Crippen molar-refractivity contribution < 1.29 is 9.13 Å². The molecule has 1 aromatic rings. The van der Waals surface area contributed by atoms with Crippen LogP contribution in [0.3, 0.4) is 0 Å². The molecule has 0 aliphatic rings. The summed E-state index contributed by atoms with van der Waals surface area (Å²) in [4.78, 5) is 0. The lowest BCUT2D eigenvalue weighted by atomic mass is 9.95. The third-order valence-corrected chi connectivity index (χ3v) is 2.68. The van der Waals surface area contributed by atoms with E-state index >= 15 is 0 Å². The minimum Gasteiger partial charge on any atom is -0.492 e. The standard InChI is InChI=1S/C11H15BrFNO/c1-11(2,6-14)7-15-10-4-3-8(13)5-9(10)12/h3-5H,6-7,14H2,1-2H3. The molecule has 0 saturated carbocycles. The Kier molecular flexibility index (Phi) is 4.11. The van der Waals surface area contributed by atoms with E-state index in [9.17, 15) is 4.39 Å². The van der Waals surface area contributed by atoms with Crippen molar-refractivity contribution in [2.24, 2.45) is 11.1 Å². The van der Waals surface area contributed by atoms with Crippen molar-refractivity contribution in [3.8, 4) is 5.75 Å². The molecule has 0 unspecified atom stereocenters. The van der Waals surface area contributed by atoms with E-state index < -0.39 is 0 Å². The van der Waals surface area contributed by atoms with Crippen LogP contribution in [0.1, 0.15) is 13.8 Å². The molecule has 0 atom stereocenters. The second-order valence-corrected chi connectivity index (χ2v) is 5.09. The molecule has 0 aliphatic carbocycles. The van der Waals surface area contributed by atoms with Gasteiger partial charge in [0.15, 0.2) is 0 Å². The Morgan fingerprint density at radius 3 is 2.67 bits per heavy atom. The summed E-state index contributed by atoms with van der Waals surface area (Å²) in [7, 11) is 0. The van der Waals surface area contributed by atoms with E-state index in [0.717, 1.165) is 0 Å². The van der Waals surface area contributed by atoms with Gasteiger partial charge >= 0.3 is 0 Å². The Bertz CT molecular complexity index is 341. The van der Waals surface area contributed by atoms with Gasteiger partial charge in [0.25, 0.3) is 0 Å². The van der Waals surface area contributed by atoms with Gasteiger partial charge in [-0.3, -0.25) is 0 Å². The SMILES string of the molecule is CC(C)(CN)COc1ccc(F)cc1Br. The lowest BCUT2D eigenvalue weighted by Gasteiger charge is -2.22. The molecule has 0 saturated heterocycles. The molecular formula is C11H15BrFNO. The second-order valence-electron chi connectivity index (χ2n) is 4.23. The smallest absolute Gasteiger partial charge is 0.133 e. The minimum atomic E-state index is -0.285. The summed E-state index contributed by atoms with van der Waals surface area (Å²) < 4.78 is 19.0. The maximum absolute atomic E-state index is 12.8. The number of benzene rings is 1. The maximum Gasteiger partial charge on any atom is 0.133 e. The van der Waals surface area contributed by atoms with Gasteiger partial charge in [-0.1, -0.05) is 13.8 Å². The van der Waals surface area contributed by atoms with Gasteiger partial charge in [0.05, 0.1) is 11.1 Å². The van der Waals surface area contributed by atoms with E-state index in [1.807, 2.05) is 13.8 Å². The molecule has 0 amide bonds. The van der Waals surface area contributed by atoms with Gasteiger partial charge in [-0.15, -0.1) is 0 Å². The molecule has 0 heterocycles. The second kappa shape index (κ2) is 4.94. The molecule has 1 aromatic carbocycles. The van der Waals surface area contributed by atoms with E-state index in [0.29, 0.717) is 23.4 Å². The lowest BCUT2D eigenvalue weighted by Crippen LogP contribution is -2.30. The van der Waals surface area contributed by atoms with E-state index in [1.54, 1.807) is 6.07 Å². The molecule has 15 heavy (non-hydrogen) atoms. The highest BCUT2D eigenvalue weighted by atomic mass is 79.9. The summed E-state index contributed by atoms with van der Waals surface area (Å²) in [6.07, 6.45) is 0. The topological polar surface area (TPSA) is 35.2 Å². The van der Waals surface area contributed by atoms with Crippen LogP contribution in [0, 0.1) is 11.2 Å². The monoisotopic (exact) mass is 275 g/mol. The Balaban J connectivity index is 2.66. The highest BCUT2D eigenvalue weighted by Crippen LogP contribution is 2.27. The number of rotatable bonds is 4. The van der Waals surface area contributed by atoms with Crippen LogP contribution in [0.2, 0.25) is 0 Å². The first-order valence-electron chi connectivity index (χ1n) is 4.72. The van der Waals surface area contributed by atoms with Crippen molar-refractivity contribution in [1.82, 2.24) is 0 Å². The van der Waals surface area contributed by atoms with Crippen molar-refractivity contribution >= 4 is 15.9 Å². The van der Waals surface area contributed by atoms with Gasteiger partial charge in [0.1, 0.15) is 11.6 Å². The first-order valence-corrected chi connectivity index (χ1v) is 5.52. The van der Waals surface area contributed by atoms with E-state index in [2.05, 4.69) is 15.9 Å². The fourth-order valence-electron chi connectivity index (χ4n) is 0.924. The molecule has 0 bridgehead atoms. The molecule has 0 radical (unpaired) electrons. The van der Waals surface area contributed by atoms with Gasteiger partial charge in [-0.2, -0.15) is 0 Å². The maximum atomic E-state index is 12.8. The number of nitrogens with two attached hydrogens (primary N) is 1. The average Bonchev–Trinajstić information content (AvgIpc) is 2.16. The molecular weight excluding hydrogens is 261 g/mol. The molecule has 2 N–H and O–H groups in total. The van der Waals surface area contributed by atoms with Crippen LogP contribution in [0.4, 0.5) is 4.39 Å². The molecule has 4 heteroatoms. The summed E-state index contributed by atoms with van der Waals surface area (Å²) in [6, 6.07) is 4.35. The fraction of sp³-hybridized carbons (Fsp3) is 0.455. The van der Waals surface area contributed by atoms with Crippen LogP contribution in [0.25, 0.3) is 0 Å². The minimum absolute atomic E-state index is 0.0756. The largest absolute Gasteiger partial charge is 0.492 e. The number of hydrogen-bond donors (Lipinski definition) is 1. The predicted octanol–water partition coefficient (Wildman–Crippen LogP) is 2.95. The zero-order valence-corrected chi connectivity index (χ0v) is 10.5. The van der Waals surface area contributed by atoms with Gasteiger partial charge in [0.2, 0.25) is 0 Å². The van der Waals surface area contributed by atoms with Crippen molar-refractivity contribution in [3.63, 3.8) is 0 Å². The molecule has 0 aliphatic heterocycles. The van der Waals surface area contributed by atoms with E-state index in [1.165, 1.54) is 12.1 Å². The molecule has 0 fully saturated rings. The number of ether oxygens (including phenoxy) is 1. The Morgan fingerprint density at radius 2 is 2.13 bits per heavy atom. The zero-order valence-electron chi connectivity index (χ0n) is 8.89. The van der Waals surface area contributed by atoms with E-state index in [4.69, 9.17) is 10.5 Å². The van der Waals surface area contributed by atoms with Crippen LogP contribution < -0.4 is 10.5 Å². The molecule has 0 spiro atoms. The van der Waals surface area contributed by atoms with Crippen LogP contribution >= 0.6 is 15.9 Å². The van der Waals surface area contributed by atoms with Crippen molar-refractivity contribution in [1.29, 1.82) is 0 Å². The average molecular weight is 276 g/mol. The van der Waals surface area contributed by atoms with Gasteiger partial charge in [-0.25, -0.2) is 4.39 Å². The van der Waals surface area contributed by atoms with Gasteiger partial charge in [0, 0.05) is 12.0 Å². The van der Waals surface area contributed by atoms with Crippen molar-refractivity contribution in [3.05, 3.63) is 28.5 Å². The number of halogens is 2. The lowest BCUT2D eigenvalue weighted by molar-refractivity contribution is 0.186. The van der Waals surface area contributed by atoms with Crippen LogP contribution in [0.5, 0.6) is 5.75 Å². The zero-order chi connectivity index (χ0) is 11.5. The molecule has 2 nitrogen and oxygen atoms in total. The van der Waals surface area contributed by atoms with E-state index in [-0.39, 0.29) is 11.2 Å². The summed E-state index contributed by atoms with van der Waals surface area (Å²) in [5.41, 5.74) is 5.51. The Morgan fingerprint density at radius 1 is 1.47 bits per heavy atom. The summed E-state index contributed by atoms with van der Waals surface area (Å²) >= 11 is 3.24. The van der Waals surface area contributed by atoms with Crippen molar-refractivity contribution in [2.75, 3.05) is 13.2 Å². The first kappa shape index (κ1) is 12.5. The molecule has 84 valence electrons. The van der Waals surface area contributed by atoms with Crippen LogP contribution in [0.15, 0.2) is 22.7 Å². The highest BCUT2D eigenvalue weighted by Gasteiger charge is 2.17. The van der Waals surface area contributed by atoms with Crippen molar-refractivity contribution in [2.45, 2.75) is 13.8 Å². The van der Waals surface area contributed by atoms with Crippen LogP contribution in [-0.2, 0) is 0 Å². The number of hydrogen-bond acceptors (Lipinski definition) is 2. The van der Waals surface area contributed by atoms with Gasteiger partial charge in [-0.05, 0) is 34.1 Å². The third-order valence-electron chi connectivity index (χ3n) is 2.06. The predicted molar refractivity (Wildman–Crippen MR) is 62.4 cm³/mol. The fourth-order valence-corrected chi connectivity index (χ4v) is 1.39. The molecule has 1 rings (SSSR count). The van der Waals surface area contributed by atoms with Crippen LogP contribution in [-0.4, -0.2) is 13.2 Å².